The second-order valence-electron chi connectivity index (χ2n) is 0. The van der Waals surface area contributed by atoms with Crippen molar-refractivity contribution in [2.75, 3.05) is 0 Å². The Balaban J connectivity index is 0. The molecule has 0 aromatic rings. The van der Waals surface area contributed by atoms with Crippen LogP contribution in [0.5, 0.6) is 0 Å². The zero-order chi connectivity index (χ0) is 0. The molecule has 6 heteroatoms. The molecule has 0 heterocycles. The predicted molar refractivity (Wildman–Crippen MR) is 16.6 cm³/mol. The van der Waals surface area contributed by atoms with E-state index in [1.807, 2.05) is 0 Å². The zero-order valence-corrected chi connectivity index (χ0v) is 8.34. The van der Waals surface area contributed by atoms with Crippen molar-refractivity contribution < 1.29 is 50.4 Å². The third-order valence-electron chi connectivity index (χ3n) is 0. The van der Waals surface area contributed by atoms with Crippen molar-refractivity contribution in [3.05, 3.63) is 0 Å². The van der Waals surface area contributed by atoms with E-state index in [4.69, 9.17) is 0 Å². The van der Waals surface area contributed by atoms with Crippen LogP contribution in [0.4, 0.5) is 0 Å². The van der Waals surface area contributed by atoms with Crippen LogP contribution in [0.15, 0.2) is 0 Å². The molecule has 0 saturated carbocycles. The smallest absolute Gasteiger partial charge is 1.00 e. The van der Waals surface area contributed by atoms with Crippen molar-refractivity contribution in [1.82, 2.24) is 0 Å². The van der Waals surface area contributed by atoms with Crippen LogP contribution < -0.4 is 34.0 Å². The van der Waals surface area contributed by atoms with Gasteiger partial charge in [0.05, 0.1) is 0 Å². The van der Waals surface area contributed by atoms with Crippen molar-refractivity contribution in [2.24, 2.45) is 0 Å². The van der Waals surface area contributed by atoms with E-state index < -0.39 is 0 Å². The second-order valence-corrected chi connectivity index (χ2v) is 0. The molecule has 40 valence electrons. The van der Waals surface area contributed by atoms with Crippen LogP contribution in [0.2, 0.25) is 0 Å². The first kappa shape index (κ1) is 92.6. The maximum atomic E-state index is 0. The monoisotopic (exact) mass is 252 g/mol. The summed E-state index contributed by atoms with van der Waals surface area (Å²) in [6.07, 6.45) is 0. The molecular formula is H6Br2CaO3. The first-order valence-electron chi connectivity index (χ1n) is 0. The van der Waals surface area contributed by atoms with E-state index in [9.17, 15) is 0 Å². The van der Waals surface area contributed by atoms with E-state index in [0.29, 0.717) is 0 Å². The van der Waals surface area contributed by atoms with Gasteiger partial charge in [0.1, 0.15) is 0 Å². The van der Waals surface area contributed by atoms with Gasteiger partial charge in [0, 0.05) is 0 Å². The van der Waals surface area contributed by atoms with Gasteiger partial charge in [-0.05, 0) is 0 Å². The van der Waals surface area contributed by atoms with Crippen molar-refractivity contribution in [1.29, 1.82) is 0 Å². The molecule has 0 spiro atoms. The standard InChI is InChI=1S/2BrH.Ca.3H2O/h2*1H;;3*1H2/q;;+2;;;/p-2. The molecule has 3 nitrogen and oxygen atoms in total. The minimum Gasteiger partial charge on any atom is -1.00 e. The van der Waals surface area contributed by atoms with Crippen LogP contribution in [0, 0.1) is 0 Å². The number of hydrogen-bond donors (Lipinski definition) is 0. The summed E-state index contributed by atoms with van der Waals surface area (Å²) in [6.45, 7) is 0. The van der Waals surface area contributed by atoms with Crippen LogP contribution in [-0.4, -0.2) is 54.2 Å². The Morgan fingerprint density at radius 1 is 0.500 bits per heavy atom. The van der Waals surface area contributed by atoms with Crippen molar-refractivity contribution in [3.63, 3.8) is 0 Å². The van der Waals surface area contributed by atoms with Crippen molar-refractivity contribution in [2.45, 2.75) is 0 Å². The van der Waals surface area contributed by atoms with E-state index in [1.165, 1.54) is 0 Å². The minimum atomic E-state index is 0. The van der Waals surface area contributed by atoms with E-state index >= 15 is 0 Å². The summed E-state index contributed by atoms with van der Waals surface area (Å²) < 4.78 is 0. The summed E-state index contributed by atoms with van der Waals surface area (Å²) in [7, 11) is 0. The molecule has 0 radical (unpaired) electrons. The van der Waals surface area contributed by atoms with E-state index in [0.717, 1.165) is 0 Å². The van der Waals surface area contributed by atoms with Crippen molar-refractivity contribution >= 4 is 37.7 Å². The van der Waals surface area contributed by atoms with Gasteiger partial charge >= 0.3 is 37.7 Å². The first-order chi connectivity index (χ1) is 0. The fourth-order valence-electron chi connectivity index (χ4n) is 0. The Kier molecular flexibility index (Phi) is 925. The largest absolute Gasteiger partial charge is 2.00 e. The summed E-state index contributed by atoms with van der Waals surface area (Å²) >= 11 is 0. The molecule has 6 N–H and O–H groups in total. The van der Waals surface area contributed by atoms with Gasteiger partial charge in [-0.1, -0.05) is 0 Å². The quantitative estimate of drug-likeness (QED) is 0.384. The van der Waals surface area contributed by atoms with E-state index in [2.05, 4.69) is 0 Å². The maximum absolute atomic E-state index is 0. The SMILES string of the molecule is O.O.O.[Br-].[Br-].[Ca+2]. The molecule has 0 amide bonds. The predicted octanol–water partition coefficient (Wildman–Crippen LogP) is -8.85. The molecule has 0 fully saturated rings. The minimum absolute atomic E-state index is 0. The van der Waals surface area contributed by atoms with Gasteiger partial charge in [0.25, 0.3) is 0 Å². The average molecular weight is 254 g/mol. The number of hydrogen-bond acceptors (Lipinski definition) is 0. The van der Waals surface area contributed by atoms with Gasteiger partial charge < -0.3 is 50.4 Å². The van der Waals surface area contributed by atoms with Gasteiger partial charge in [-0.15, -0.1) is 0 Å². The third-order valence-corrected chi connectivity index (χ3v) is 0. The van der Waals surface area contributed by atoms with Crippen LogP contribution in [-0.2, 0) is 0 Å². The molecule has 0 aliphatic carbocycles. The van der Waals surface area contributed by atoms with Gasteiger partial charge in [-0.2, -0.15) is 0 Å². The number of halogens is 2. The molecule has 0 saturated heterocycles. The van der Waals surface area contributed by atoms with E-state index in [1.54, 1.807) is 0 Å². The normalized spacial score (nSPS) is 0. The molecule has 0 aliphatic heterocycles. The molecule has 0 bridgehead atoms. The van der Waals surface area contributed by atoms with Crippen LogP contribution in [0.1, 0.15) is 0 Å². The Bertz CT molecular complexity index is 8.75. The molecule has 0 aliphatic rings. The molecular weight excluding hydrogens is 248 g/mol. The molecule has 0 unspecified atom stereocenters. The fraction of sp³-hybridized carbons (Fsp3) is 0. The Morgan fingerprint density at radius 3 is 0.500 bits per heavy atom. The van der Waals surface area contributed by atoms with Gasteiger partial charge in [-0.25, -0.2) is 0 Å². The summed E-state index contributed by atoms with van der Waals surface area (Å²) in [4.78, 5) is 0. The summed E-state index contributed by atoms with van der Waals surface area (Å²) in [5, 5.41) is 0. The van der Waals surface area contributed by atoms with Crippen LogP contribution in [0.25, 0.3) is 0 Å². The first-order valence-corrected chi connectivity index (χ1v) is 0. The van der Waals surface area contributed by atoms with Gasteiger partial charge in [0.15, 0.2) is 0 Å². The molecule has 0 rings (SSSR count). The molecule has 0 aromatic carbocycles. The van der Waals surface area contributed by atoms with Crippen LogP contribution in [0.3, 0.4) is 0 Å². The number of rotatable bonds is 0. The van der Waals surface area contributed by atoms with Crippen molar-refractivity contribution in [3.8, 4) is 0 Å². The Hall–Kier alpha value is 2.10. The zero-order valence-electron chi connectivity index (χ0n) is 2.96. The maximum Gasteiger partial charge on any atom is 2.00 e. The van der Waals surface area contributed by atoms with Gasteiger partial charge in [0.2, 0.25) is 0 Å². The van der Waals surface area contributed by atoms with Crippen LogP contribution >= 0.6 is 0 Å². The average Bonchev–Trinajstić information content (AvgIpc) is 0. The third kappa shape index (κ3) is 36.0. The summed E-state index contributed by atoms with van der Waals surface area (Å²) in [5.74, 6) is 0. The fourth-order valence-corrected chi connectivity index (χ4v) is 0. The molecule has 0 atom stereocenters. The topological polar surface area (TPSA) is 94.5 Å². The van der Waals surface area contributed by atoms with E-state index in [-0.39, 0.29) is 88.1 Å². The molecule has 0 aromatic heterocycles. The Morgan fingerprint density at radius 2 is 0.500 bits per heavy atom. The molecule has 6 heavy (non-hydrogen) atoms. The summed E-state index contributed by atoms with van der Waals surface area (Å²) in [5.41, 5.74) is 0. The second kappa shape index (κ2) is 59.9. The van der Waals surface area contributed by atoms with Gasteiger partial charge in [-0.3, -0.25) is 0 Å². The Labute approximate surface area is 87.0 Å². The summed E-state index contributed by atoms with van der Waals surface area (Å²) in [6, 6.07) is 0.